The first-order valence-electron chi connectivity index (χ1n) is 9.83. The number of guanidine groups is 1. The zero-order chi connectivity index (χ0) is 19.1. The molecule has 28 heavy (non-hydrogen) atoms. The van der Waals surface area contributed by atoms with Crippen molar-refractivity contribution in [3.8, 4) is 11.5 Å². The lowest BCUT2D eigenvalue weighted by molar-refractivity contribution is -0.00251. The third kappa shape index (κ3) is 5.87. The maximum absolute atomic E-state index is 5.79. The maximum Gasteiger partial charge on any atom is 0.195 e. The molecule has 2 heterocycles. The molecule has 0 aliphatic carbocycles. The second kappa shape index (κ2) is 11.1. The second-order valence-corrected chi connectivity index (χ2v) is 7.26. The summed E-state index contributed by atoms with van der Waals surface area (Å²) in [6.45, 7) is 6.55. The Labute approximate surface area is 185 Å². The van der Waals surface area contributed by atoms with Gasteiger partial charge in [0.2, 0.25) is 0 Å². The highest BCUT2D eigenvalue weighted by Crippen LogP contribution is 2.32. The number of fused-ring (bicyclic) bond motifs is 1. The first-order chi connectivity index (χ1) is 13.1. The van der Waals surface area contributed by atoms with Crippen LogP contribution >= 0.6 is 24.0 Å². The Balaban J connectivity index is 0.00000280. The molecule has 0 aromatic heterocycles. The third-order valence-electron chi connectivity index (χ3n) is 5.26. The van der Waals surface area contributed by atoms with Crippen molar-refractivity contribution >= 4 is 35.6 Å². The molecule has 0 amide bonds. The molecule has 0 bridgehead atoms. The van der Waals surface area contributed by atoms with Crippen molar-refractivity contribution in [2.45, 2.75) is 31.7 Å². The van der Waals surface area contributed by atoms with E-state index in [0.29, 0.717) is 13.2 Å². The minimum Gasteiger partial charge on any atom is -0.490 e. The van der Waals surface area contributed by atoms with E-state index in [4.69, 9.17) is 19.2 Å². The fourth-order valence-corrected chi connectivity index (χ4v) is 3.41. The lowest BCUT2D eigenvalue weighted by atomic mass is 9.89. The second-order valence-electron chi connectivity index (χ2n) is 7.26. The van der Waals surface area contributed by atoms with Gasteiger partial charge in [0.15, 0.2) is 17.5 Å². The van der Waals surface area contributed by atoms with Crippen molar-refractivity contribution in [3.05, 3.63) is 18.2 Å². The highest BCUT2D eigenvalue weighted by Gasteiger charge is 2.34. The summed E-state index contributed by atoms with van der Waals surface area (Å²) in [6, 6.07) is 5.92. The number of anilines is 1. The molecule has 0 saturated carbocycles. The number of aliphatic imine (C=N–C) groups is 1. The van der Waals surface area contributed by atoms with Gasteiger partial charge in [-0.2, -0.15) is 0 Å². The fourth-order valence-electron chi connectivity index (χ4n) is 3.41. The summed E-state index contributed by atoms with van der Waals surface area (Å²) in [5.41, 5.74) is 0.982. The van der Waals surface area contributed by atoms with E-state index in [9.17, 15) is 0 Å². The van der Waals surface area contributed by atoms with E-state index in [1.807, 2.05) is 18.2 Å². The number of ether oxygens (including phenoxy) is 3. The summed E-state index contributed by atoms with van der Waals surface area (Å²) in [6.07, 6.45) is 2.89. The Morgan fingerprint density at radius 1 is 1.11 bits per heavy atom. The normalized spacial score (nSPS) is 18.8. The molecule has 2 N–H and O–H groups in total. The largest absolute Gasteiger partial charge is 0.490 e. The van der Waals surface area contributed by atoms with Crippen molar-refractivity contribution in [3.63, 3.8) is 0 Å². The monoisotopic (exact) mass is 504 g/mol. The van der Waals surface area contributed by atoms with E-state index in [1.165, 1.54) is 0 Å². The number of benzene rings is 1. The predicted molar refractivity (Wildman–Crippen MR) is 124 cm³/mol. The summed E-state index contributed by atoms with van der Waals surface area (Å²) in [4.78, 5) is 7.17. The van der Waals surface area contributed by atoms with Gasteiger partial charge in [-0.1, -0.05) is 0 Å². The number of rotatable bonds is 5. The van der Waals surface area contributed by atoms with Crippen LogP contribution in [0.5, 0.6) is 11.5 Å². The van der Waals surface area contributed by atoms with Crippen molar-refractivity contribution in [1.29, 1.82) is 0 Å². The average Bonchev–Trinajstić information content (AvgIpc) is 2.92. The van der Waals surface area contributed by atoms with Crippen LogP contribution < -0.4 is 20.1 Å². The maximum atomic E-state index is 5.79. The lowest BCUT2D eigenvalue weighted by Gasteiger charge is -2.41. The number of halogens is 1. The third-order valence-corrected chi connectivity index (χ3v) is 5.26. The average molecular weight is 504 g/mol. The molecule has 0 spiro atoms. The Kier molecular flexibility index (Phi) is 9.10. The number of nitrogens with zero attached hydrogens (tertiary/aromatic N) is 2. The van der Waals surface area contributed by atoms with Gasteiger partial charge < -0.3 is 29.7 Å². The summed E-state index contributed by atoms with van der Waals surface area (Å²) < 4.78 is 17.0. The van der Waals surface area contributed by atoms with E-state index < -0.39 is 0 Å². The van der Waals surface area contributed by atoms with Gasteiger partial charge in [0.05, 0.1) is 19.8 Å². The number of nitrogens with one attached hydrogen (secondary N) is 2. The van der Waals surface area contributed by atoms with Crippen LogP contribution in [0.3, 0.4) is 0 Å². The Morgan fingerprint density at radius 2 is 1.82 bits per heavy atom. The standard InChI is InChI=1S/C20H32N4O3.HI/c1-4-21-19(22-15-20(24(2)3)8-12-25-13-9-20)23-16-6-7-17-18(14-16)27-11-5-10-26-17;/h6-7,14H,4-5,8-13,15H2,1-3H3,(H2,21,22,23);1H. The smallest absolute Gasteiger partial charge is 0.195 e. The Hall–Kier alpha value is -1.26. The molecule has 158 valence electrons. The van der Waals surface area contributed by atoms with E-state index in [2.05, 4.69) is 36.6 Å². The first kappa shape index (κ1) is 23.0. The SMILES string of the molecule is CCNC(=NCC1(N(C)C)CCOCC1)Nc1ccc2c(c1)OCCCO2.I. The van der Waals surface area contributed by atoms with Gasteiger partial charge in [0.25, 0.3) is 0 Å². The zero-order valence-electron chi connectivity index (χ0n) is 17.1. The summed E-state index contributed by atoms with van der Waals surface area (Å²) in [5.74, 6) is 2.36. The van der Waals surface area contributed by atoms with Gasteiger partial charge in [-0.15, -0.1) is 24.0 Å². The number of hydrogen-bond donors (Lipinski definition) is 2. The molecule has 8 heteroatoms. The molecule has 1 fully saturated rings. The van der Waals surface area contributed by atoms with Gasteiger partial charge in [0.1, 0.15) is 0 Å². The van der Waals surface area contributed by atoms with Crippen LogP contribution in [0.15, 0.2) is 23.2 Å². The van der Waals surface area contributed by atoms with Crippen LogP contribution in [0, 0.1) is 0 Å². The highest BCUT2D eigenvalue weighted by atomic mass is 127. The van der Waals surface area contributed by atoms with Crippen LogP contribution in [0.1, 0.15) is 26.2 Å². The molecule has 2 aliphatic heterocycles. The van der Waals surface area contributed by atoms with Crippen molar-refractivity contribution < 1.29 is 14.2 Å². The van der Waals surface area contributed by atoms with Crippen molar-refractivity contribution in [2.75, 3.05) is 58.9 Å². The van der Waals surface area contributed by atoms with E-state index in [-0.39, 0.29) is 29.5 Å². The molecule has 0 unspecified atom stereocenters. The first-order valence-corrected chi connectivity index (χ1v) is 9.83. The molecule has 7 nitrogen and oxygen atoms in total. The van der Waals surface area contributed by atoms with Crippen LogP contribution in [0.25, 0.3) is 0 Å². The molecule has 1 saturated heterocycles. The predicted octanol–water partition coefficient (Wildman–Crippen LogP) is 2.95. The number of hydrogen-bond acceptors (Lipinski definition) is 5. The summed E-state index contributed by atoms with van der Waals surface area (Å²) in [5, 5.41) is 6.74. The van der Waals surface area contributed by atoms with Crippen molar-refractivity contribution in [1.82, 2.24) is 10.2 Å². The van der Waals surface area contributed by atoms with E-state index in [0.717, 1.165) is 68.7 Å². The molecule has 0 atom stereocenters. The van der Waals surface area contributed by atoms with Gasteiger partial charge in [-0.3, -0.25) is 4.99 Å². The topological polar surface area (TPSA) is 67.4 Å². The minimum absolute atomic E-state index is 0. The van der Waals surface area contributed by atoms with Crippen LogP contribution in [-0.2, 0) is 4.74 Å². The Morgan fingerprint density at radius 3 is 2.50 bits per heavy atom. The Bertz CT molecular complexity index is 648. The molecular weight excluding hydrogens is 471 g/mol. The van der Waals surface area contributed by atoms with Gasteiger partial charge >= 0.3 is 0 Å². The molecule has 1 aromatic carbocycles. The number of likely N-dealkylation sites (N-methyl/N-ethyl adjacent to an activating group) is 1. The molecule has 0 radical (unpaired) electrons. The van der Waals surface area contributed by atoms with Crippen LogP contribution in [0.2, 0.25) is 0 Å². The highest BCUT2D eigenvalue weighted by molar-refractivity contribution is 14.0. The summed E-state index contributed by atoms with van der Waals surface area (Å²) in [7, 11) is 4.26. The van der Waals surface area contributed by atoms with Crippen LogP contribution in [0.4, 0.5) is 5.69 Å². The molecule has 3 rings (SSSR count). The zero-order valence-corrected chi connectivity index (χ0v) is 19.5. The molecular formula is C20H33IN4O3. The van der Waals surface area contributed by atoms with Gasteiger partial charge in [0, 0.05) is 43.5 Å². The van der Waals surface area contributed by atoms with Gasteiger partial charge in [-0.05, 0) is 46.0 Å². The van der Waals surface area contributed by atoms with E-state index >= 15 is 0 Å². The summed E-state index contributed by atoms with van der Waals surface area (Å²) >= 11 is 0. The van der Waals surface area contributed by atoms with Crippen molar-refractivity contribution in [2.24, 2.45) is 4.99 Å². The van der Waals surface area contributed by atoms with Crippen LogP contribution in [-0.4, -0.2) is 70.0 Å². The lowest BCUT2D eigenvalue weighted by Crippen LogP contribution is -2.51. The van der Waals surface area contributed by atoms with E-state index in [1.54, 1.807) is 0 Å². The fraction of sp³-hybridized carbons (Fsp3) is 0.650. The minimum atomic E-state index is 0. The van der Waals surface area contributed by atoms with Gasteiger partial charge in [-0.25, -0.2) is 0 Å². The quantitative estimate of drug-likeness (QED) is 0.365. The molecule has 2 aliphatic rings. The molecule has 1 aromatic rings.